The van der Waals surface area contributed by atoms with Gasteiger partial charge in [0.25, 0.3) is 5.69 Å². The Morgan fingerprint density at radius 1 is 1.12 bits per heavy atom. The first-order chi connectivity index (χ1) is 14.7. The van der Waals surface area contributed by atoms with Gasteiger partial charge in [-0.2, -0.15) is 0 Å². The normalized spacial score (nSPS) is 13.8. The smallest absolute Gasteiger partial charge is 0.317 e. The Balaban J connectivity index is 3.03. The lowest BCUT2D eigenvalue weighted by atomic mass is 9.70. The SMILES string of the molecule is CCCC(Oc1ccc([N+](=O)[O-])cc1[N+](=O)[O-])C(N)CC(C)(C)CC(C)(C)CC(=O)OC. The number of esters is 1. The molecule has 10 heteroatoms. The second-order valence-corrected chi connectivity index (χ2v) is 9.74. The minimum atomic E-state index is -0.698. The van der Waals surface area contributed by atoms with Gasteiger partial charge < -0.3 is 15.2 Å². The number of nitro groups is 2. The maximum Gasteiger partial charge on any atom is 0.317 e. The van der Waals surface area contributed by atoms with E-state index in [0.717, 1.165) is 12.5 Å². The highest BCUT2D eigenvalue weighted by atomic mass is 16.6. The average Bonchev–Trinajstić information content (AvgIpc) is 2.65. The number of hydrogen-bond acceptors (Lipinski definition) is 8. The van der Waals surface area contributed by atoms with Gasteiger partial charge >= 0.3 is 11.7 Å². The van der Waals surface area contributed by atoms with Gasteiger partial charge in [-0.1, -0.05) is 41.0 Å². The number of ether oxygens (including phenoxy) is 2. The minimum Gasteiger partial charge on any atom is -0.482 e. The van der Waals surface area contributed by atoms with Crippen molar-refractivity contribution in [2.24, 2.45) is 16.6 Å². The van der Waals surface area contributed by atoms with Gasteiger partial charge in [0.2, 0.25) is 0 Å². The Labute approximate surface area is 188 Å². The first-order valence-electron chi connectivity index (χ1n) is 10.6. The predicted molar refractivity (Wildman–Crippen MR) is 120 cm³/mol. The highest BCUT2D eigenvalue weighted by molar-refractivity contribution is 5.69. The van der Waals surface area contributed by atoms with E-state index < -0.39 is 27.7 Å². The van der Waals surface area contributed by atoms with Crippen molar-refractivity contribution in [1.29, 1.82) is 0 Å². The minimum absolute atomic E-state index is 0.0432. The number of carbonyl (C=O) groups excluding carboxylic acids is 1. The molecular weight excluding hydrogens is 418 g/mol. The summed E-state index contributed by atoms with van der Waals surface area (Å²) in [5.41, 5.74) is 5.11. The maximum absolute atomic E-state index is 11.7. The molecule has 0 radical (unpaired) electrons. The molecule has 0 amide bonds. The van der Waals surface area contributed by atoms with Crippen LogP contribution in [0.15, 0.2) is 18.2 Å². The van der Waals surface area contributed by atoms with Crippen LogP contribution in [0.2, 0.25) is 0 Å². The zero-order valence-corrected chi connectivity index (χ0v) is 19.8. The lowest BCUT2D eigenvalue weighted by Gasteiger charge is -2.37. The number of nitro benzene ring substituents is 2. The maximum atomic E-state index is 11.7. The third-order valence-corrected chi connectivity index (χ3v) is 5.28. The predicted octanol–water partition coefficient (Wildman–Crippen LogP) is 4.77. The fourth-order valence-electron chi connectivity index (χ4n) is 4.33. The van der Waals surface area contributed by atoms with Gasteiger partial charge in [-0.15, -0.1) is 0 Å². The lowest BCUT2D eigenvalue weighted by Crippen LogP contribution is -2.43. The molecule has 0 bridgehead atoms. The fourth-order valence-corrected chi connectivity index (χ4v) is 4.33. The molecule has 1 rings (SSSR count). The Bertz CT molecular complexity index is 824. The van der Waals surface area contributed by atoms with Gasteiger partial charge in [0.1, 0.15) is 6.10 Å². The summed E-state index contributed by atoms with van der Waals surface area (Å²) in [6.45, 7) is 10.1. The topological polar surface area (TPSA) is 148 Å². The molecule has 2 unspecified atom stereocenters. The molecule has 0 heterocycles. The average molecular weight is 454 g/mol. The fraction of sp³-hybridized carbons (Fsp3) is 0.682. The Kier molecular flexibility index (Phi) is 9.56. The van der Waals surface area contributed by atoms with Crippen molar-refractivity contribution in [1.82, 2.24) is 0 Å². The summed E-state index contributed by atoms with van der Waals surface area (Å²) < 4.78 is 10.7. The first-order valence-corrected chi connectivity index (χ1v) is 10.6. The van der Waals surface area contributed by atoms with Crippen LogP contribution >= 0.6 is 0 Å². The quantitative estimate of drug-likeness (QED) is 0.255. The van der Waals surface area contributed by atoms with Crippen LogP contribution in [0.4, 0.5) is 11.4 Å². The second-order valence-electron chi connectivity index (χ2n) is 9.74. The summed E-state index contributed by atoms with van der Waals surface area (Å²) in [7, 11) is 1.36. The summed E-state index contributed by atoms with van der Waals surface area (Å²) in [5.74, 6) is -0.314. The highest BCUT2D eigenvalue weighted by Gasteiger charge is 2.35. The summed E-state index contributed by atoms with van der Waals surface area (Å²) in [6, 6.07) is 2.88. The molecule has 32 heavy (non-hydrogen) atoms. The molecule has 0 fully saturated rings. The Morgan fingerprint density at radius 3 is 2.25 bits per heavy atom. The number of hydrogen-bond donors (Lipinski definition) is 1. The molecule has 2 atom stereocenters. The van der Waals surface area contributed by atoms with E-state index in [1.54, 1.807) is 0 Å². The molecule has 0 aromatic heterocycles. The number of rotatable bonds is 13. The molecule has 0 aliphatic heterocycles. The van der Waals surface area contributed by atoms with E-state index in [1.807, 2.05) is 20.8 Å². The molecule has 1 aromatic rings. The van der Waals surface area contributed by atoms with Crippen LogP contribution in [0.25, 0.3) is 0 Å². The number of methoxy groups -OCH3 is 1. The van der Waals surface area contributed by atoms with Gasteiger partial charge in [0.15, 0.2) is 5.75 Å². The van der Waals surface area contributed by atoms with E-state index in [4.69, 9.17) is 15.2 Å². The molecule has 0 spiro atoms. The van der Waals surface area contributed by atoms with E-state index in [1.165, 1.54) is 19.2 Å². The second kappa shape index (κ2) is 11.2. The zero-order chi connectivity index (χ0) is 24.7. The van der Waals surface area contributed by atoms with Crippen LogP contribution < -0.4 is 10.5 Å². The standard InChI is InChI=1S/C22H35N3O7/c1-7-8-18(32-19-10-9-15(24(27)28)11-17(19)25(29)30)16(23)12-21(2,3)14-22(4,5)13-20(26)31-6/h9-11,16,18H,7-8,12-14,23H2,1-6H3. The number of carbonyl (C=O) groups is 1. The number of nitrogens with two attached hydrogens (primary N) is 1. The van der Waals surface area contributed by atoms with Crippen molar-refractivity contribution in [2.75, 3.05) is 7.11 Å². The molecule has 180 valence electrons. The van der Waals surface area contributed by atoms with E-state index in [2.05, 4.69) is 13.8 Å². The molecule has 0 aliphatic rings. The zero-order valence-electron chi connectivity index (χ0n) is 19.8. The molecule has 0 saturated heterocycles. The van der Waals surface area contributed by atoms with Crippen molar-refractivity contribution in [3.8, 4) is 5.75 Å². The highest BCUT2D eigenvalue weighted by Crippen LogP contribution is 2.40. The lowest BCUT2D eigenvalue weighted by molar-refractivity contribution is -0.394. The van der Waals surface area contributed by atoms with E-state index >= 15 is 0 Å². The van der Waals surface area contributed by atoms with Crippen molar-refractivity contribution in [3.63, 3.8) is 0 Å². The van der Waals surface area contributed by atoms with Crippen LogP contribution in [-0.4, -0.2) is 35.1 Å². The van der Waals surface area contributed by atoms with E-state index in [0.29, 0.717) is 19.3 Å². The van der Waals surface area contributed by atoms with Crippen LogP contribution in [0.3, 0.4) is 0 Å². The van der Waals surface area contributed by atoms with E-state index in [-0.39, 0.29) is 34.7 Å². The molecular formula is C22H35N3O7. The number of nitrogens with zero attached hydrogens (tertiary/aromatic N) is 2. The van der Waals surface area contributed by atoms with Crippen LogP contribution in [-0.2, 0) is 9.53 Å². The Hall–Kier alpha value is -2.75. The van der Waals surface area contributed by atoms with Gasteiger partial charge in [-0.05, 0) is 36.2 Å². The van der Waals surface area contributed by atoms with Crippen molar-refractivity contribution in [2.45, 2.75) is 78.9 Å². The van der Waals surface area contributed by atoms with Crippen LogP contribution in [0.5, 0.6) is 5.75 Å². The molecule has 1 aromatic carbocycles. The largest absolute Gasteiger partial charge is 0.482 e. The van der Waals surface area contributed by atoms with Crippen molar-refractivity contribution < 1.29 is 24.1 Å². The molecule has 2 N–H and O–H groups in total. The van der Waals surface area contributed by atoms with Gasteiger partial charge in [0, 0.05) is 12.1 Å². The van der Waals surface area contributed by atoms with Crippen molar-refractivity contribution >= 4 is 17.3 Å². The molecule has 10 nitrogen and oxygen atoms in total. The third kappa shape index (κ3) is 8.41. The van der Waals surface area contributed by atoms with Crippen LogP contribution in [0.1, 0.15) is 66.7 Å². The summed E-state index contributed by atoms with van der Waals surface area (Å²) >= 11 is 0. The van der Waals surface area contributed by atoms with Gasteiger partial charge in [-0.25, -0.2) is 0 Å². The Morgan fingerprint density at radius 2 is 1.75 bits per heavy atom. The first kappa shape index (κ1) is 27.3. The van der Waals surface area contributed by atoms with Gasteiger partial charge in [0.05, 0.1) is 29.4 Å². The molecule has 0 saturated carbocycles. The number of non-ortho nitro benzene ring substituents is 1. The monoisotopic (exact) mass is 453 g/mol. The number of benzene rings is 1. The summed E-state index contributed by atoms with van der Waals surface area (Å²) in [5, 5.41) is 22.4. The van der Waals surface area contributed by atoms with Gasteiger partial charge in [-0.3, -0.25) is 25.0 Å². The van der Waals surface area contributed by atoms with Crippen molar-refractivity contribution in [3.05, 3.63) is 38.4 Å². The third-order valence-electron chi connectivity index (χ3n) is 5.28. The van der Waals surface area contributed by atoms with Crippen LogP contribution in [0, 0.1) is 31.1 Å². The van der Waals surface area contributed by atoms with E-state index in [9.17, 15) is 25.0 Å². The molecule has 0 aliphatic carbocycles. The summed E-state index contributed by atoms with van der Waals surface area (Å²) in [6.07, 6.45) is 2.35. The summed E-state index contributed by atoms with van der Waals surface area (Å²) in [4.78, 5) is 32.7.